The number of hydrogen-bond donors (Lipinski definition) is 2. The fraction of sp³-hybridized carbons (Fsp3) is 0.154. The van der Waals surface area contributed by atoms with E-state index in [0.29, 0.717) is 20.3 Å². The van der Waals surface area contributed by atoms with Crippen LogP contribution in [-0.4, -0.2) is 20.4 Å². The molecule has 5 nitrogen and oxygen atoms in total. The number of pyridine rings is 1. The maximum absolute atomic E-state index is 12.5. The molecule has 21 heavy (non-hydrogen) atoms. The summed E-state index contributed by atoms with van der Waals surface area (Å²) in [4.78, 5) is 3.97. The van der Waals surface area contributed by atoms with E-state index in [9.17, 15) is 8.42 Å². The monoisotopic (exact) mass is 433 g/mol. The van der Waals surface area contributed by atoms with Crippen molar-refractivity contribution < 1.29 is 8.42 Å². The SMILES string of the molecule is CNc1ccncc1S(=O)(=O)Nc1c(Br)cc(C)cc1Br. The standard InChI is InChI=1S/C13H13Br2N3O2S/c1-8-5-9(14)13(10(15)6-8)18-21(19,20)12-7-17-4-3-11(12)16-2/h3-7,18H,1-2H3,(H,16,17). The molecule has 0 atom stereocenters. The first-order valence-corrected chi connectivity index (χ1v) is 9.02. The second-order valence-electron chi connectivity index (χ2n) is 4.33. The minimum absolute atomic E-state index is 0.0897. The molecule has 0 bridgehead atoms. The van der Waals surface area contributed by atoms with Gasteiger partial charge in [0.15, 0.2) is 0 Å². The van der Waals surface area contributed by atoms with Crippen molar-refractivity contribution in [2.75, 3.05) is 17.1 Å². The van der Waals surface area contributed by atoms with Crippen molar-refractivity contribution in [3.05, 3.63) is 45.1 Å². The van der Waals surface area contributed by atoms with Crippen molar-refractivity contribution in [3.63, 3.8) is 0 Å². The van der Waals surface area contributed by atoms with Gasteiger partial charge in [0.25, 0.3) is 10.0 Å². The molecule has 112 valence electrons. The third-order valence-corrected chi connectivity index (χ3v) is 5.39. The molecule has 0 unspecified atom stereocenters. The summed E-state index contributed by atoms with van der Waals surface area (Å²) in [6, 6.07) is 5.28. The van der Waals surface area contributed by atoms with Gasteiger partial charge in [0.05, 0.1) is 11.4 Å². The van der Waals surface area contributed by atoms with Gasteiger partial charge in [0, 0.05) is 28.4 Å². The van der Waals surface area contributed by atoms with Gasteiger partial charge in [-0.1, -0.05) is 0 Å². The molecule has 0 fully saturated rings. The minimum Gasteiger partial charge on any atom is -0.387 e. The van der Waals surface area contributed by atoms with Crippen LogP contribution in [0.1, 0.15) is 5.56 Å². The zero-order valence-electron chi connectivity index (χ0n) is 11.3. The molecule has 1 heterocycles. The van der Waals surface area contributed by atoms with Crippen molar-refractivity contribution in [2.45, 2.75) is 11.8 Å². The average molecular weight is 435 g/mol. The van der Waals surface area contributed by atoms with E-state index < -0.39 is 10.0 Å². The van der Waals surface area contributed by atoms with E-state index >= 15 is 0 Å². The van der Waals surface area contributed by atoms with E-state index in [1.54, 1.807) is 13.1 Å². The van der Waals surface area contributed by atoms with Gasteiger partial charge in [-0.2, -0.15) is 0 Å². The molecule has 1 aromatic carbocycles. The summed E-state index contributed by atoms with van der Waals surface area (Å²) >= 11 is 6.74. The predicted molar refractivity (Wildman–Crippen MR) is 91.2 cm³/mol. The Kier molecular flexibility index (Phi) is 4.90. The fourth-order valence-electron chi connectivity index (χ4n) is 1.79. The average Bonchev–Trinajstić information content (AvgIpc) is 2.43. The second-order valence-corrected chi connectivity index (χ2v) is 7.69. The molecular weight excluding hydrogens is 422 g/mol. The molecule has 0 aliphatic heterocycles. The molecule has 0 spiro atoms. The number of sulfonamides is 1. The quantitative estimate of drug-likeness (QED) is 0.768. The van der Waals surface area contributed by atoms with Gasteiger partial charge in [0.1, 0.15) is 4.90 Å². The Morgan fingerprint density at radius 2 is 1.81 bits per heavy atom. The molecular formula is C13H13Br2N3O2S. The van der Waals surface area contributed by atoms with Crippen LogP contribution in [-0.2, 0) is 10.0 Å². The molecule has 0 aliphatic rings. The molecule has 0 aliphatic carbocycles. The van der Waals surface area contributed by atoms with Crippen LogP contribution >= 0.6 is 31.9 Å². The number of nitrogens with zero attached hydrogens (tertiary/aromatic N) is 1. The fourth-order valence-corrected chi connectivity index (χ4v) is 4.92. The number of aryl methyl sites for hydroxylation is 1. The molecule has 2 rings (SSSR count). The molecule has 0 saturated carbocycles. The van der Waals surface area contributed by atoms with E-state index in [0.717, 1.165) is 5.56 Å². The summed E-state index contributed by atoms with van der Waals surface area (Å²) in [5.74, 6) is 0. The lowest BCUT2D eigenvalue weighted by molar-refractivity contribution is 0.601. The highest BCUT2D eigenvalue weighted by Gasteiger charge is 2.21. The number of anilines is 2. The molecule has 1 aromatic heterocycles. The van der Waals surface area contributed by atoms with Crippen molar-refractivity contribution in [1.29, 1.82) is 0 Å². The maximum atomic E-state index is 12.5. The zero-order valence-corrected chi connectivity index (χ0v) is 15.3. The third-order valence-electron chi connectivity index (χ3n) is 2.77. The van der Waals surface area contributed by atoms with Crippen molar-refractivity contribution in [2.24, 2.45) is 0 Å². The van der Waals surface area contributed by atoms with Crippen molar-refractivity contribution in [1.82, 2.24) is 4.98 Å². The maximum Gasteiger partial charge on any atom is 0.265 e. The Morgan fingerprint density at radius 1 is 1.19 bits per heavy atom. The van der Waals surface area contributed by atoms with Gasteiger partial charge in [-0.05, 0) is 62.5 Å². The number of aromatic nitrogens is 1. The predicted octanol–water partition coefficient (Wildman–Crippen LogP) is 3.76. The van der Waals surface area contributed by atoms with Gasteiger partial charge in [0.2, 0.25) is 0 Å². The van der Waals surface area contributed by atoms with Gasteiger partial charge in [-0.15, -0.1) is 0 Å². The molecule has 8 heteroatoms. The first-order valence-electron chi connectivity index (χ1n) is 5.95. The summed E-state index contributed by atoms with van der Waals surface area (Å²) in [7, 11) is -2.09. The molecule has 0 radical (unpaired) electrons. The van der Waals surface area contributed by atoms with Gasteiger partial charge >= 0.3 is 0 Å². The van der Waals surface area contributed by atoms with Gasteiger partial charge < -0.3 is 5.32 Å². The largest absolute Gasteiger partial charge is 0.387 e. The molecule has 2 N–H and O–H groups in total. The number of nitrogens with one attached hydrogen (secondary N) is 2. The van der Waals surface area contributed by atoms with Crippen LogP contribution in [0.5, 0.6) is 0 Å². The Bertz CT molecular complexity index is 756. The van der Waals surface area contributed by atoms with E-state index in [1.807, 2.05) is 19.1 Å². The number of benzene rings is 1. The van der Waals surface area contributed by atoms with Crippen molar-refractivity contribution in [3.8, 4) is 0 Å². The number of hydrogen-bond acceptors (Lipinski definition) is 4. The molecule has 0 saturated heterocycles. The van der Waals surface area contributed by atoms with Crippen molar-refractivity contribution >= 4 is 53.3 Å². The van der Waals surface area contributed by atoms with Crippen LogP contribution in [0.3, 0.4) is 0 Å². The second kappa shape index (κ2) is 6.33. The van der Waals surface area contributed by atoms with Crippen LogP contribution in [0.4, 0.5) is 11.4 Å². The minimum atomic E-state index is -3.75. The summed E-state index contributed by atoms with van der Waals surface area (Å²) < 4.78 is 29.0. The Hall–Kier alpha value is -1.12. The van der Waals surface area contributed by atoms with E-state index in [4.69, 9.17) is 0 Å². The summed E-state index contributed by atoms with van der Waals surface area (Å²) in [5, 5.41) is 2.84. The van der Waals surface area contributed by atoms with Gasteiger partial charge in [-0.3, -0.25) is 9.71 Å². The topological polar surface area (TPSA) is 71.1 Å². The van der Waals surface area contributed by atoms with Crippen LogP contribution in [0.2, 0.25) is 0 Å². The highest BCUT2D eigenvalue weighted by atomic mass is 79.9. The third kappa shape index (κ3) is 3.56. The van der Waals surface area contributed by atoms with Crippen LogP contribution in [0.25, 0.3) is 0 Å². The smallest absolute Gasteiger partial charge is 0.265 e. The van der Waals surface area contributed by atoms with E-state index in [1.165, 1.54) is 12.4 Å². The van der Waals surface area contributed by atoms with Crippen LogP contribution in [0.15, 0.2) is 44.4 Å². The lowest BCUT2D eigenvalue weighted by Gasteiger charge is -2.14. The lowest BCUT2D eigenvalue weighted by Crippen LogP contribution is -2.15. The Balaban J connectivity index is 2.48. The normalized spacial score (nSPS) is 11.2. The summed E-state index contributed by atoms with van der Waals surface area (Å²) in [5.41, 5.74) is 1.94. The Labute approximate surface area is 140 Å². The van der Waals surface area contributed by atoms with Gasteiger partial charge in [-0.25, -0.2) is 8.42 Å². The number of rotatable bonds is 4. The van der Waals surface area contributed by atoms with E-state index in [-0.39, 0.29) is 4.90 Å². The lowest BCUT2D eigenvalue weighted by atomic mass is 10.2. The van der Waals surface area contributed by atoms with E-state index in [2.05, 4.69) is 46.9 Å². The molecule has 0 amide bonds. The first kappa shape index (κ1) is 16.3. The number of halogens is 2. The molecule has 2 aromatic rings. The van der Waals surface area contributed by atoms with Crippen LogP contribution < -0.4 is 10.0 Å². The highest BCUT2D eigenvalue weighted by Crippen LogP contribution is 2.34. The highest BCUT2D eigenvalue weighted by molar-refractivity contribution is 9.11. The van der Waals surface area contributed by atoms with Crippen LogP contribution in [0, 0.1) is 6.92 Å². The zero-order chi connectivity index (χ0) is 15.6. The first-order chi connectivity index (χ1) is 9.85. The summed E-state index contributed by atoms with van der Waals surface area (Å²) in [6.45, 7) is 1.92. The summed E-state index contributed by atoms with van der Waals surface area (Å²) in [6.07, 6.45) is 2.84. The Morgan fingerprint density at radius 3 is 2.38 bits per heavy atom.